The van der Waals surface area contributed by atoms with E-state index in [1.165, 1.54) is 0 Å². The first-order valence-electron chi connectivity index (χ1n) is 6.32. The molecule has 1 amide bonds. The topological polar surface area (TPSA) is 58.4 Å². The number of nitrogens with two attached hydrogens (primary N) is 1. The van der Waals surface area contributed by atoms with Gasteiger partial charge in [-0.15, -0.1) is 12.4 Å². The Morgan fingerprint density at radius 2 is 1.78 bits per heavy atom. The molecule has 0 aromatic heterocycles. The Bertz CT molecular complexity index is 253. The minimum absolute atomic E-state index is 0. The summed E-state index contributed by atoms with van der Waals surface area (Å²) in [4.78, 5) is 14.1. The SMILES string of the molecule is CCCC(C)(N)C(=O)NCC(C)(C)CN(C)C.Cl. The standard InChI is InChI=1S/C13H29N3O.ClH/c1-7-8-13(4,14)11(17)15-9-12(2,3)10-16(5)6;/h7-10,14H2,1-6H3,(H,15,17);1H. The molecule has 3 N–H and O–H groups in total. The van der Waals surface area contributed by atoms with E-state index in [0.717, 1.165) is 13.0 Å². The van der Waals surface area contributed by atoms with Crippen molar-refractivity contribution in [2.75, 3.05) is 27.2 Å². The molecule has 0 aliphatic rings. The maximum atomic E-state index is 11.9. The van der Waals surface area contributed by atoms with E-state index in [1.807, 2.05) is 21.0 Å². The third kappa shape index (κ3) is 7.90. The van der Waals surface area contributed by atoms with Crippen LogP contribution in [0.3, 0.4) is 0 Å². The van der Waals surface area contributed by atoms with Crippen molar-refractivity contribution >= 4 is 18.3 Å². The van der Waals surface area contributed by atoms with Gasteiger partial charge in [-0.05, 0) is 32.9 Å². The number of hydrogen-bond acceptors (Lipinski definition) is 3. The van der Waals surface area contributed by atoms with Crippen LogP contribution < -0.4 is 11.1 Å². The Hall–Kier alpha value is -0.320. The molecule has 0 rings (SSSR count). The van der Waals surface area contributed by atoms with Crippen LogP contribution in [0, 0.1) is 5.41 Å². The monoisotopic (exact) mass is 279 g/mol. The highest BCUT2D eigenvalue weighted by atomic mass is 35.5. The molecular formula is C13H30ClN3O. The van der Waals surface area contributed by atoms with Crippen molar-refractivity contribution in [3.05, 3.63) is 0 Å². The molecule has 110 valence electrons. The largest absolute Gasteiger partial charge is 0.354 e. The molecule has 0 saturated heterocycles. The van der Waals surface area contributed by atoms with Crippen molar-refractivity contribution in [1.82, 2.24) is 10.2 Å². The Morgan fingerprint density at radius 1 is 1.28 bits per heavy atom. The molecule has 0 aromatic carbocycles. The molecule has 0 heterocycles. The number of carbonyl (C=O) groups is 1. The van der Waals surface area contributed by atoms with Gasteiger partial charge in [0.1, 0.15) is 0 Å². The van der Waals surface area contributed by atoms with Gasteiger partial charge in [-0.25, -0.2) is 0 Å². The Morgan fingerprint density at radius 3 is 2.17 bits per heavy atom. The van der Waals surface area contributed by atoms with Crippen LogP contribution in [0.4, 0.5) is 0 Å². The predicted octanol–water partition coefficient (Wildman–Crippen LogP) is 1.63. The Balaban J connectivity index is 0. The van der Waals surface area contributed by atoms with Gasteiger partial charge < -0.3 is 16.0 Å². The lowest BCUT2D eigenvalue weighted by Crippen LogP contribution is -2.53. The van der Waals surface area contributed by atoms with Gasteiger partial charge >= 0.3 is 0 Å². The van der Waals surface area contributed by atoms with Gasteiger partial charge in [-0.1, -0.05) is 27.2 Å². The summed E-state index contributed by atoms with van der Waals surface area (Å²) < 4.78 is 0. The van der Waals surface area contributed by atoms with E-state index in [4.69, 9.17) is 5.73 Å². The fraction of sp³-hybridized carbons (Fsp3) is 0.923. The van der Waals surface area contributed by atoms with Gasteiger partial charge in [0.25, 0.3) is 0 Å². The summed E-state index contributed by atoms with van der Waals surface area (Å²) in [6.07, 6.45) is 1.63. The number of hydrogen-bond donors (Lipinski definition) is 2. The van der Waals surface area contributed by atoms with Crippen LogP contribution in [0.5, 0.6) is 0 Å². The van der Waals surface area contributed by atoms with Crippen molar-refractivity contribution < 1.29 is 4.79 Å². The van der Waals surface area contributed by atoms with Crippen molar-refractivity contribution in [1.29, 1.82) is 0 Å². The number of nitrogens with zero attached hydrogens (tertiary/aromatic N) is 1. The summed E-state index contributed by atoms with van der Waals surface area (Å²) in [5.41, 5.74) is 5.29. The van der Waals surface area contributed by atoms with E-state index in [0.29, 0.717) is 13.0 Å². The molecule has 0 bridgehead atoms. The molecule has 1 unspecified atom stereocenters. The van der Waals surface area contributed by atoms with Crippen LogP contribution in [-0.2, 0) is 4.79 Å². The molecule has 4 nitrogen and oxygen atoms in total. The van der Waals surface area contributed by atoms with Gasteiger partial charge in [-0.3, -0.25) is 4.79 Å². The Kier molecular flexibility index (Phi) is 8.86. The number of amides is 1. The van der Waals surface area contributed by atoms with E-state index < -0.39 is 5.54 Å². The van der Waals surface area contributed by atoms with Gasteiger partial charge in [0.2, 0.25) is 5.91 Å². The number of halogens is 1. The van der Waals surface area contributed by atoms with Crippen molar-refractivity contribution in [2.45, 2.75) is 46.1 Å². The lowest BCUT2D eigenvalue weighted by Gasteiger charge is -2.30. The fourth-order valence-electron chi connectivity index (χ4n) is 2.07. The smallest absolute Gasteiger partial charge is 0.239 e. The first-order chi connectivity index (χ1) is 7.60. The van der Waals surface area contributed by atoms with E-state index in [2.05, 4.69) is 24.1 Å². The second-order valence-corrected chi connectivity index (χ2v) is 6.25. The second kappa shape index (κ2) is 7.97. The summed E-state index contributed by atoms with van der Waals surface area (Å²) in [6.45, 7) is 9.70. The highest BCUT2D eigenvalue weighted by molar-refractivity contribution is 5.85. The highest BCUT2D eigenvalue weighted by Crippen LogP contribution is 2.15. The first kappa shape index (κ1) is 20.0. The summed E-state index contributed by atoms with van der Waals surface area (Å²) in [6, 6.07) is 0. The third-order valence-electron chi connectivity index (χ3n) is 2.76. The van der Waals surface area contributed by atoms with Gasteiger partial charge in [0, 0.05) is 13.1 Å². The maximum Gasteiger partial charge on any atom is 0.239 e. The molecule has 0 aliphatic heterocycles. The molecular weight excluding hydrogens is 250 g/mol. The van der Waals surface area contributed by atoms with Crippen LogP contribution in [-0.4, -0.2) is 43.5 Å². The van der Waals surface area contributed by atoms with Gasteiger partial charge in [0.15, 0.2) is 0 Å². The third-order valence-corrected chi connectivity index (χ3v) is 2.76. The van der Waals surface area contributed by atoms with E-state index in [9.17, 15) is 4.79 Å². The predicted molar refractivity (Wildman–Crippen MR) is 80.1 cm³/mol. The highest BCUT2D eigenvalue weighted by Gasteiger charge is 2.29. The molecule has 5 heteroatoms. The summed E-state index contributed by atoms with van der Waals surface area (Å²) >= 11 is 0. The molecule has 0 aromatic rings. The molecule has 0 spiro atoms. The van der Waals surface area contributed by atoms with E-state index in [1.54, 1.807) is 6.92 Å². The first-order valence-corrected chi connectivity index (χ1v) is 6.32. The fourth-order valence-corrected chi connectivity index (χ4v) is 2.07. The summed E-state index contributed by atoms with van der Waals surface area (Å²) in [5.74, 6) is -0.0498. The van der Waals surface area contributed by atoms with Crippen LogP contribution in [0.1, 0.15) is 40.5 Å². The normalized spacial score (nSPS) is 14.9. The van der Waals surface area contributed by atoms with Crippen molar-refractivity contribution in [2.24, 2.45) is 11.1 Å². The minimum atomic E-state index is -0.747. The lowest BCUT2D eigenvalue weighted by atomic mass is 9.91. The number of nitrogens with one attached hydrogen (secondary N) is 1. The molecule has 0 saturated carbocycles. The number of carbonyl (C=O) groups excluding carboxylic acids is 1. The lowest BCUT2D eigenvalue weighted by molar-refractivity contribution is -0.126. The number of rotatable bonds is 7. The Labute approximate surface area is 118 Å². The van der Waals surface area contributed by atoms with E-state index in [-0.39, 0.29) is 23.7 Å². The molecule has 0 fully saturated rings. The second-order valence-electron chi connectivity index (χ2n) is 6.25. The zero-order valence-corrected chi connectivity index (χ0v) is 13.5. The average Bonchev–Trinajstić information content (AvgIpc) is 2.12. The quantitative estimate of drug-likeness (QED) is 0.745. The molecule has 0 radical (unpaired) electrons. The van der Waals surface area contributed by atoms with Crippen LogP contribution >= 0.6 is 12.4 Å². The minimum Gasteiger partial charge on any atom is -0.354 e. The molecule has 0 aliphatic carbocycles. The molecule has 18 heavy (non-hydrogen) atoms. The van der Waals surface area contributed by atoms with Gasteiger partial charge in [0.05, 0.1) is 5.54 Å². The van der Waals surface area contributed by atoms with Crippen LogP contribution in [0.25, 0.3) is 0 Å². The average molecular weight is 280 g/mol. The summed E-state index contributed by atoms with van der Waals surface area (Å²) in [5, 5.41) is 2.96. The summed E-state index contributed by atoms with van der Waals surface area (Å²) in [7, 11) is 4.07. The van der Waals surface area contributed by atoms with Crippen molar-refractivity contribution in [3.8, 4) is 0 Å². The van der Waals surface area contributed by atoms with Crippen LogP contribution in [0.15, 0.2) is 0 Å². The molecule has 1 atom stereocenters. The van der Waals surface area contributed by atoms with Gasteiger partial charge in [-0.2, -0.15) is 0 Å². The maximum absolute atomic E-state index is 11.9. The van der Waals surface area contributed by atoms with Crippen LogP contribution in [0.2, 0.25) is 0 Å². The zero-order chi connectivity index (χ0) is 13.7. The zero-order valence-electron chi connectivity index (χ0n) is 12.7. The van der Waals surface area contributed by atoms with E-state index >= 15 is 0 Å². The van der Waals surface area contributed by atoms with Crippen molar-refractivity contribution in [3.63, 3.8) is 0 Å².